The fourth-order valence-electron chi connectivity index (χ4n) is 4.61. The number of alkyl halides is 2. The summed E-state index contributed by atoms with van der Waals surface area (Å²) in [5, 5.41) is 19.6. The third-order valence-electron chi connectivity index (χ3n) is 6.55. The number of para-hydroxylation sites is 1. The number of nitro benzene ring substituents is 1. The molecule has 38 heavy (non-hydrogen) atoms. The maximum atomic E-state index is 13.4. The molecule has 0 unspecified atom stereocenters. The third-order valence-corrected chi connectivity index (χ3v) is 6.55. The summed E-state index contributed by atoms with van der Waals surface area (Å²) in [6.45, 7) is -2.05. The first-order valence-electron chi connectivity index (χ1n) is 11.9. The molecule has 0 bridgehead atoms. The molecule has 0 spiro atoms. The van der Waals surface area contributed by atoms with Gasteiger partial charge in [-0.25, -0.2) is 9.97 Å². The number of anilines is 3. The summed E-state index contributed by atoms with van der Waals surface area (Å²) in [6.07, 6.45) is 3.03. The SMILES string of the molecule is CN(C)C1CCN(c2cc(OC(F)F)c(Nc3nccc(-c4noc5ccccc45)n3)cc2[N+](=O)[O-])CC1. The summed E-state index contributed by atoms with van der Waals surface area (Å²) in [5.74, 6) is -0.237. The van der Waals surface area contributed by atoms with Crippen molar-refractivity contribution in [1.29, 1.82) is 0 Å². The summed E-state index contributed by atoms with van der Waals surface area (Å²) in [6, 6.07) is 11.7. The van der Waals surface area contributed by atoms with E-state index < -0.39 is 11.5 Å². The lowest BCUT2D eigenvalue weighted by Crippen LogP contribution is -2.42. The van der Waals surface area contributed by atoms with E-state index in [0.717, 1.165) is 18.2 Å². The zero-order valence-electron chi connectivity index (χ0n) is 20.7. The summed E-state index contributed by atoms with van der Waals surface area (Å²) >= 11 is 0. The van der Waals surface area contributed by atoms with Gasteiger partial charge in [0, 0.05) is 37.5 Å². The number of benzene rings is 2. The molecular weight excluding hydrogens is 500 g/mol. The highest BCUT2D eigenvalue weighted by molar-refractivity contribution is 5.90. The Labute approximate surface area is 216 Å². The predicted octanol–water partition coefficient (Wildman–Crippen LogP) is 5.07. The van der Waals surface area contributed by atoms with E-state index in [4.69, 9.17) is 9.26 Å². The van der Waals surface area contributed by atoms with Crippen molar-refractivity contribution in [3.63, 3.8) is 0 Å². The van der Waals surface area contributed by atoms with Crippen LogP contribution >= 0.6 is 0 Å². The van der Waals surface area contributed by atoms with Crippen LogP contribution in [0.5, 0.6) is 5.75 Å². The monoisotopic (exact) mass is 525 g/mol. The molecule has 5 rings (SSSR count). The number of nitrogens with zero attached hydrogens (tertiary/aromatic N) is 6. The van der Waals surface area contributed by atoms with Gasteiger partial charge in [-0.05, 0) is 45.1 Å². The van der Waals surface area contributed by atoms with Gasteiger partial charge in [0.15, 0.2) is 11.3 Å². The predicted molar refractivity (Wildman–Crippen MR) is 137 cm³/mol. The Morgan fingerprint density at radius 3 is 2.68 bits per heavy atom. The molecule has 0 atom stereocenters. The Balaban J connectivity index is 1.49. The number of nitro groups is 1. The minimum atomic E-state index is -3.14. The summed E-state index contributed by atoms with van der Waals surface area (Å²) in [5.41, 5.74) is 1.37. The van der Waals surface area contributed by atoms with Gasteiger partial charge in [0.1, 0.15) is 11.4 Å². The number of fused-ring (bicyclic) bond motifs is 1. The summed E-state index contributed by atoms with van der Waals surface area (Å²) in [4.78, 5) is 24.0. The fraction of sp³-hybridized carbons (Fsp3) is 0.320. The van der Waals surface area contributed by atoms with E-state index in [-0.39, 0.29) is 28.8 Å². The van der Waals surface area contributed by atoms with Gasteiger partial charge in [0.05, 0.1) is 21.7 Å². The van der Waals surface area contributed by atoms with Crippen LogP contribution in [-0.4, -0.2) is 64.8 Å². The molecule has 1 aliphatic heterocycles. The Hall–Kier alpha value is -4.39. The summed E-state index contributed by atoms with van der Waals surface area (Å²) in [7, 11) is 3.97. The van der Waals surface area contributed by atoms with Gasteiger partial charge in [-0.15, -0.1) is 0 Å². The lowest BCUT2D eigenvalue weighted by molar-refractivity contribution is -0.384. The third kappa shape index (κ3) is 5.18. The zero-order valence-corrected chi connectivity index (χ0v) is 20.7. The van der Waals surface area contributed by atoms with Crippen molar-refractivity contribution >= 4 is 34.0 Å². The molecule has 1 fully saturated rings. The molecule has 0 radical (unpaired) electrons. The van der Waals surface area contributed by atoms with Gasteiger partial charge in [-0.2, -0.15) is 8.78 Å². The topological polar surface area (TPSA) is 123 Å². The number of hydrogen-bond donors (Lipinski definition) is 1. The number of aromatic nitrogens is 3. The van der Waals surface area contributed by atoms with Crippen molar-refractivity contribution in [3.8, 4) is 17.1 Å². The molecule has 3 heterocycles. The average Bonchev–Trinajstić information content (AvgIpc) is 3.33. The number of hydrogen-bond acceptors (Lipinski definition) is 10. The van der Waals surface area contributed by atoms with Gasteiger partial charge >= 0.3 is 6.61 Å². The molecule has 1 saturated heterocycles. The van der Waals surface area contributed by atoms with Crippen LogP contribution in [0.15, 0.2) is 53.2 Å². The normalized spacial score (nSPS) is 14.4. The van der Waals surface area contributed by atoms with Gasteiger partial charge in [0.2, 0.25) is 5.95 Å². The van der Waals surface area contributed by atoms with E-state index in [1.165, 1.54) is 18.3 Å². The van der Waals surface area contributed by atoms with Crippen molar-refractivity contribution in [3.05, 3.63) is 58.8 Å². The van der Waals surface area contributed by atoms with E-state index in [0.29, 0.717) is 36.1 Å². The molecule has 11 nitrogen and oxygen atoms in total. The molecule has 1 N–H and O–H groups in total. The van der Waals surface area contributed by atoms with Crippen molar-refractivity contribution in [2.24, 2.45) is 0 Å². The zero-order chi connectivity index (χ0) is 26.8. The Morgan fingerprint density at radius 2 is 1.97 bits per heavy atom. The quantitative estimate of drug-likeness (QED) is 0.246. The largest absolute Gasteiger partial charge is 0.433 e. The van der Waals surface area contributed by atoms with Crippen LogP contribution < -0.4 is 15.0 Å². The first kappa shape index (κ1) is 25.3. The van der Waals surface area contributed by atoms with E-state index in [9.17, 15) is 18.9 Å². The molecule has 1 aliphatic rings. The Kier molecular flexibility index (Phi) is 7.01. The summed E-state index contributed by atoms with van der Waals surface area (Å²) < 4.78 is 36.8. The minimum Gasteiger partial charge on any atom is -0.433 e. The molecule has 198 valence electrons. The second-order valence-corrected chi connectivity index (χ2v) is 9.07. The van der Waals surface area contributed by atoms with Crippen LogP contribution in [0.2, 0.25) is 0 Å². The van der Waals surface area contributed by atoms with E-state index in [1.807, 2.05) is 37.2 Å². The number of piperidine rings is 1. The van der Waals surface area contributed by atoms with Crippen molar-refractivity contribution in [1.82, 2.24) is 20.0 Å². The molecular formula is C25H25F2N7O4. The van der Waals surface area contributed by atoms with Crippen LogP contribution in [0.25, 0.3) is 22.4 Å². The van der Waals surface area contributed by atoms with Crippen LogP contribution in [0.3, 0.4) is 0 Å². The average molecular weight is 526 g/mol. The molecule has 13 heteroatoms. The van der Waals surface area contributed by atoms with Crippen molar-refractivity contribution < 1.29 is 23.0 Å². The lowest BCUT2D eigenvalue weighted by Gasteiger charge is -2.36. The number of nitrogens with one attached hydrogen (secondary N) is 1. The second kappa shape index (κ2) is 10.5. The second-order valence-electron chi connectivity index (χ2n) is 9.07. The molecule has 0 amide bonds. The van der Waals surface area contributed by atoms with Crippen molar-refractivity contribution in [2.75, 3.05) is 37.4 Å². The highest BCUT2D eigenvalue weighted by Gasteiger charge is 2.29. The molecule has 2 aromatic heterocycles. The smallest absolute Gasteiger partial charge is 0.387 e. The first-order valence-corrected chi connectivity index (χ1v) is 11.9. The Morgan fingerprint density at radius 1 is 1.21 bits per heavy atom. The molecule has 0 saturated carbocycles. The van der Waals surface area contributed by atoms with Gasteiger partial charge in [-0.3, -0.25) is 10.1 Å². The van der Waals surface area contributed by atoms with Crippen LogP contribution in [-0.2, 0) is 0 Å². The number of halogens is 2. The Bertz CT molecular complexity index is 1450. The molecule has 4 aromatic rings. The van der Waals surface area contributed by atoms with E-state index >= 15 is 0 Å². The number of ether oxygens (including phenoxy) is 1. The maximum absolute atomic E-state index is 13.4. The van der Waals surface area contributed by atoms with Gasteiger partial charge in [0.25, 0.3) is 5.69 Å². The first-order chi connectivity index (χ1) is 18.3. The molecule has 2 aromatic carbocycles. The number of rotatable bonds is 8. The fourth-order valence-corrected chi connectivity index (χ4v) is 4.61. The van der Waals surface area contributed by atoms with Crippen LogP contribution in [0, 0.1) is 10.1 Å². The van der Waals surface area contributed by atoms with E-state index in [1.54, 1.807) is 12.1 Å². The standard InChI is InChI=1S/C25H25F2N7O4/c1-32(2)15-8-11-33(12-9-15)19-14-22(37-24(26)27)18(13-20(19)34(35)36)30-25-28-10-7-17(29-25)23-16-5-3-4-6-21(16)38-31-23/h3-7,10,13-15,24H,8-9,11-12H2,1-2H3,(H,28,29,30). The van der Waals surface area contributed by atoms with Crippen molar-refractivity contribution in [2.45, 2.75) is 25.5 Å². The highest BCUT2D eigenvalue weighted by atomic mass is 19.3. The van der Waals surface area contributed by atoms with Crippen LogP contribution in [0.4, 0.5) is 31.8 Å². The van der Waals surface area contributed by atoms with Gasteiger partial charge in [-0.1, -0.05) is 17.3 Å². The van der Waals surface area contributed by atoms with Gasteiger partial charge < -0.3 is 24.4 Å². The minimum absolute atomic E-state index is 0.0162. The highest BCUT2D eigenvalue weighted by Crippen LogP contribution is 2.41. The lowest BCUT2D eigenvalue weighted by atomic mass is 10.0. The maximum Gasteiger partial charge on any atom is 0.387 e. The van der Waals surface area contributed by atoms with E-state index in [2.05, 4.69) is 25.3 Å². The van der Waals surface area contributed by atoms with Crippen LogP contribution in [0.1, 0.15) is 12.8 Å². The molecule has 0 aliphatic carbocycles.